The lowest BCUT2D eigenvalue weighted by atomic mass is 10.4. The molecule has 0 aliphatic rings. The van der Waals surface area contributed by atoms with Gasteiger partial charge in [-0.25, -0.2) is 13.1 Å². The Morgan fingerprint density at radius 1 is 1.33 bits per heavy atom. The van der Waals surface area contributed by atoms with E-state index in [1.54, 1.807) is 12.1 Å². The van der Waals surface area contributed by atoms with E-state index < -0.39 is 10.0 Å². The molecule has 18 heavy (non-hydrogen) atoms. The minimum Gasteiger partial charge on any atom is -0.355 e. The SMILES string of the molecule is CCCNC(=O)CNS(=O)(=O)c1ccc(CC)s1. The number of rotatable bonds is 7. The molecule has 5 nitrogen and oxygen atoms in total. The molecule has 2 N–H and O–H groups in total. The van der Waals surface area contributed by atoms with Gasteiger partial charge in [0.05, 0.1) is 6.54 Å². The van der Waals surface area contributed by atoms with E-state index in [-0.39, 0.29) is 16.7 Å². The molecule has 1 amide bonds. The Morgan fingerprint density at radius 3 is 2.61 bits per heavy atom. The fourth-order valence-corrected chi connectivity index (χ4v) is 3.57. The molecule has 0 aliphatic heterocycles. The number of carbonyl (C=O) groups is 1. The number of hydrogen-bond acceptors (Lipinski definition) is 4. The predicted molar refractivity (Wildman–Crippen MR) is 72.2 cm³/mol. The zero-order valence-corrected chi connectivity index (χ0v) is 12.2. The fraction of sp³-hybridized carbons (Fsp3) is 0.545. The van der Waals surface area contributed by atoms with Gasteiger partial charge in [-0.1, -0.05) is 13.8 Å². The Morgan fingerprint density at radius 2 is 2.06 bits per heavy atom. The van der Waals surface area contributed by atoms with Gasteiger partial charge in [0.15, 0.2) is 0 Å². The summed E-state index contributed by atoms with van der Waals surface area (Å²) in [6.45, 7) is 4.23. The van der Waals surface area contributed by atoms with Gasteiger partial charge in [0.25, 0.3) is 10.0 Å². The van der Waals surface area contributed by atoms with E-state index in [1.165, 1.54) is 11.3 Å². The predicted octanol–water partition coefficient (Wildman–Crippen LogP) is 1.11. The van der Waals surface area contributed by atoms with Crippen molar-refractivity contribution >= 4 is 27.3 Å². The highest BCUT2D eigenvalue weighted by molar-refractivity contribution is 7.91. The maximum atomic E-state index is 11.9. The van der Waals surface area contributed by atoms with E-state index in [2.05, 4.69) is 10.0 Å². The molecule has 0 atom stereocenters. The number of thiophene rings is 1. The minimum atomic E-state index is -3.56. The molecule has 1 aromatic heterocycles. The maximum Gasteiger partial charge on any atom is 0.250 e. The highest BCUT2D eigenvalue weighted by atomic mass is 32.2. The molecular weight excluding hydrogens is 272 g/mol. The van der Waals surface area contributed by atoms with Crippen molar-refractivity contribution in [3.05, 3.63) is 17.0 Å². The van der Waals surface area contributed by atoms with Gasteiger partial charge in [0.2, 0.25) is 5.91 Å². The van der Waals surface area contributed by atoms with Gasteiger partial charge in [0.1, 0.15) is 4.21 Å². The number of hydrogen-bond donors (Lipinski definition) is 2. The molecular formula is C11H18N2O3S2. The van der Waals surface area contributed by atoms with E-state index in [1.807, 2.05) is 13.8 Å². The largest absolute Gasteiger partial charge is 0.355 e. The third kappa shape index (κ3) is 4.40. The summed E-state index contributed by atoms with van der Waals surface area (Å²) < 4.78 is 26.3. The summed E-state index contributed by atoms with van der Waals surface area (Å²) in [5.74, 6) is -0.312. The van der Waals surface area contributed by atoms with Crippen molar-refractivity contribution in [2.24, 2.45) is 0 Å². The van der Waals surface area contributed by atoms with Crippen molar-refractivity contribution in [1.82, 2.24) is 10.0 Å². The van der Waals surface area contributed by atoms with E-state index in [9.17, 15) is 13.2 Å². The summed E-state index contributed by atoms with van der Waals surface area (Å²) in [5, 5.41) is 2.61. The van der Waals surface area contributed by atoms with Crippen molar-refractivity contribution < 1.29 is 13.2 Å². The molecule has 0 saturated heterocycles. The normalized spacial score (nSPS) is 11.4. The summed E-state index contributed by atoms with van der Waals surface area (Å²) >= 11 is 1.23. The van der Waals surface area contributed by atoms with E-state index in [0.29, 0.717) is 6.54 Å². The Kier molecular flexibility index (Phi) is 5.77. The molecule has 1 aromatic rings. The standard InChI is InChI=1S/C11H18N2O3S2/c1-3-7-12-10(14)8-13-18(15,16)11-6-5-9(4-2)17-11/h5-6,13H,3-4,7-8H2,1-2H3,(H,12,14). The number of nitrogens with one attached hydrogen (secondary N) is 2. The molecule has 0 fully saturated rings. The summed E-state index contributed by atoms with van der Waals surface area (Å²) in [6.07, 6.45) is 1.63. The second kappa shape index (κ2) is 6.86. The van der Waals surface area contributed by atoms with Crippen LogP contribution in [0.3, 0.4) is 0 Å². The molecule has 0 saturated carbocycles. The van der Waals surface area contributed by atoms with Crippen LogP contribution in [0.25, 0.3) is 0 Å². The Balaban J connectivity index is 2.57. The topological polar surface area (TPSA) is 75.3 Å². The summed E-state index contributed by atoms with van der Waals surface area (Å²) in [6, 6.07) is 3.35. The molecule has 0 radical (unpaired) electrons. The maximum absolute atomic E-state index is 11.9. The van der Waals surface area contributed by atoms with E-state index >= 15 is 0 Å². The third-order valence-corrected chi connectivity index (χ3v) is 5.37. The van der Waals surface area contributed by atoms with Crippen LogP contribution in [0.1, 0.15) is 25.1 Å². The van der Waals surface area contributed by atoms with Crippen LogP contribution in [-0.4, -0.2) is 27.4 Å². The quantitative estimate of drug-likeness (QED) is 0.790. The van der Waals surface area contributed by atoms with Crippen molar-refractivity contribution in [3.8, 4) is 0 Å². The average Bonchev–Trinajstić information content (AvgIpc) is 2.83. The first-order valence-corrected chi connectivity index (χ1v) is 8.14. The molecule has 0 spiro atoms. The lowest BCUT2D eigenvalue weighted by Gasteiger charge is -2.05. The first-order chi connectivity index (χ1) is 8.49. The van der Waals surface area contributed by atoms with Crippen LogP contribution < -0.4 is 10.0 Å². The van der Waals surface area contributed by atoms with Gasteiger partial charge < -0.3 is 5.32 Å². The molecule has 1 rings (SSSR count). The molecule has 0 aromatic carbocycles. The van der Waals surface area contributed by atoms with Crippen molar-refractivity contribution in [3.63, 3.8) is 0 Å². The van der Waals surface area contributed by atoms with Gasteiger partial charge in [-0.2, -0.15) is 0 Å². The van der Waals surface area contributed by atoms with Crippen LogP contribution in [0.15, 0.2) is 16.3 Å². The zero-order chi connectivity index (χ0) is 13.6. The molecule has 1 heterocycles. The average molecular weight is 290 g/mol. The van der Waals surface area contributed by atoms with Crippen LogP contribution in [-0.2, 0) is 21.2 Å². The third-order valence-electron chi connectivity index (χ3n) is 2.25. The van der Waals surface area contributed by atoms with Crippen LogP contribution >= 0.6 is 11.3 Å². The number of amides is 1. The van der Waals surface area contributed by atoms with Crippen molar-refractivity contribution in [2.45, 2.75) is 30.9 Å². The van der Waals surface area contributed by atoms with Crippen LogP contribution in [0.4, 0.5) is 0 Å². The first kappa shape index (κ1) is 15.1. The summed E-state index contributed by atoms with van der Waals surface area (Å²) in [5.41, 5.74) is 0. The molecule has 0 unspecified atom stereocenters. The molecule has 0 bridgehead atoms. The highest BCUT2D eigenvalue weighted by Crippen LogP contribution is 2.21. The van der Waals surface area contributed by atoms with Crippen molar-refractivity contribution in [2.75, 3.05) is 13.1 Å². The van der Waals surface area contributed by atoms with Crippen molar-refractivity contribution in [1.29, 1.82) is 0 Å². The smallest absolute Gasteiger partial charge is 0.250 e. The van der Waals surface area contributed by atoms with Crippen LogP contribution in [0.5, 0.6) is 0 Å². The Labute approximate surface area is 112 Å². The highest BCUT2D eigenvalue weighted by Gasteiger charge is 2.17. The first-order valence-electron chi connectivity index (χ1n) is 5.84. The van der Waals surface area contributed by atoms with Gasteiger partial charge in [-0.05, 0) is 25.0 Å². The Bertz CT molecular complexity index is 494. The Hall–Kier alpha value is -0.920. The number of sulfonamides is 1. The summed E-state index contributed by atoms with van der Waals surface area (Å²) in [4.78, 5) is 12.3. The fourth-order valence-electron chi connectivity index (χ4n) is 1.25. The van der Waals surface area contributed by atoms with Crippen LogP contribution in [0.2, 0.25) is 0 Å². The monoisotopic (exact) mass is 290 g/mol. The lowest BCUT2D eigenvalue weighted by Crippen LogP contribution is -2.36. The van der Waals surface area contributed by atoms with Crippen LogP contribution in [0, 0.1) is 0 Å². The molecule has 7 heteroatoms. The van der Waals surface area contributed by atoms with Gasteiger partial charge in [0, 0.05) is 11.4 Å². The summed E-state index contributed by atoms with van der Waals surface area (Å²) in [7, 11) is -3.56. The van der Waals surface area contributed by atoms with Gasteiger partial charge in [-0.3, -0.25) is 4.79 Å². The van der Waals surface area contributed by atoms with E-state index in [0.717, 1.165) is 17.7 Å². The van der Waals surface area contributed by atoms with Gasteiger partial charge >= 0.3 is 0 Å². The van der Waals surface area contributed by atoms with Gasteiger partial charge in [-0.15, -0.1) is 11.3 Å². The number of carbonyl (C=O) groups excluding carboxylic acids is 1. The second-order valence-corrected chi connectivity index (χ2v) is 6.91. The van der Waals surface area contributed by atoms with E-state index in [4.69, 9.17) is 0 Å². The zero-order valence-electron chi connectivity index (χ0n) is 10.5. The lowest BCUT2D eigenvalue weighted by molar-refractivity contribution is -0.119. The molecule has 102 valence electrons. The number of aryl methyl sites for hydroxylation is 1. The molecule has 0 aliphatic carbocycles. The minimum absolute atomic E-state index is 0.221. The second-order valence-electron chi connectivity index (χ2n) is 3.75.